The Hall–Kier alpha value is -1.95. The second-order valence-electron chi connectivity index (χ2n) is 4.86. The third-order valence-electron chi connectivity index (χ3n) is 3.46. The van der Waals surface area contributed by atoms with Crippen molar-refractivity contribution in [2.45, 2.75) is 6.42 Å². The van der Waals surface area contributed by atoms with E-state index in [0.717, 1.165) is 23.8 Å². The lowest BCUT2D eigenvalue weighted by molar-refractivity contribution is -0.131. The summed E-state index contributed by atoms with van der Waals surface area (Å²) in [4.78, 5) is 26.5. The normalized spacial score (nSPS) is 14.9. The maximum Gasteiger partial charge on any atom is 0.312 e. The Morgan fingerprint density at radius 2 is 1.86 bits per heavy atom. The van der Waals surface area contributed by atoms with Gasteiger partial charge < -0.3 is 20.9 Å². The van der Waals surface area contributed by atoms with Gasteiger partial charge in [-0.3, -0.25) is 4.79 Å². The van der Waals surface area contributed by atoms with Crippen LogP contribution in [0.4, 0.5) is 10.5 Å². The van der Waals surface area contributed by atoms with Crippen molar-refractivity contribution in [3.05, 3.63) is 29.3 Å². The summed E-state index contributed by atoms with van der Waals surface area (Å²) in [6, 6.07) is 7.10. The summed E-state index contributed by atoms with van der Waals surface area (Å²) in [7, 11) is 0. The molecule has 2 rings (SSSR count). The molecule has 3 amide bonds. The second-order valence-corrected chi connectivity index (χ2v) is 5.27. The summed E-state index contributed by atoms with van der Waals surface area (Å²) in [6.45, 7) is 3.08. The van der Waals surface area contributed by atoms with E-state index in [9.17, 15) is 9.59 Å². The van der Waals surface area contributed by atoms with E-state index in [2.05, 4.69) is 10.2 Å². The summed E-state index contributed by atoms with van der Waals surface area (Å²) in [6.07, 6.45) is 0.273. The number of urea groups is 1. The summed E-state index contributed by atoms with van der Waals surface area (Å²) in [5.74, 6) is 0.0301. The number of anilines is 1. The summed E-state index contributed by atoms with van der Waals surface area (Å²) < 4.78 is 0. The van der Waals surface area contributed by atoms with E-state index in [-0.39, 0.29) is 18.9 Å². The van der Waals surface area contributed by atoms with Gasteiger partial charge in [0.05, 0.1) is 10.7 Å². The molecule has 1 aliphatic heterocycles. The highest BCUT2D eigenvalue weighted by molar-refractivity contribution is 6.33. The molecule has 1 heterocycles. The number of nitrogens with zero attached hydrogens (tertiary/aromatic N) is 2. The maximum absolute atomic E-state index is 12.0. The Balaban J connectivity index is 1.82. The first-order valence-corrected chi connectivity index (χ1v) is 7.26. The first-order valence-electron chi connectivity index (χ1n) is 6.88. The number of para-hydroxylation sites is 1. The van der Waals surface area contributed by atoms with Gasteiger partial charge in [0.15, 0.2) is 0 Å². The van der Waals surface area contributed by atoms with E-state index in [1.54, 1.807) is 4.90 Å². The number of benzene rings is 1. The fraction of sp³-hybridized carbons (Fsp3) is 0.429. The Bertz CT molecular complexity index is 515. The van der Waals surface area contributed by atoms with E-state index in [1.165, 1.54) is 0 Å². The molecular weight excluding hydrogens is 292 g/mol. The molecule has 1 fully saturated rings. The maximum atomic E-state index is 12.0. The van der Waals surface area contributed by atoms with Crippen LogP contribution in [0.2, 0.25) is 5.02 Å². The first kappa shape index (κ1) is 15.4. The monoisotopic (exact) mass is 310 g/mol. The number of nitrogens with two attached hydrogens (primary N) is 1. The average Bonchev–Trinajstić information content (AvgIpc) is 2.47. The van der Waals surface area contributed by atoms with E-state index < -0.39 is 6.03 Å². The van der Waals surface area contributed by atoms with Gasteiger partial charge in [0, 0.05) is 39.1 Å². The lowest BCUT2D eigenvalue weighted by Crippen LogP contribution is -2.49. The predicted molar refractivity (Wildman–Crippen MR) is 82.4 cm³/mol. The van der Waals surface area contributed by atoms with Crippen molar-refractivity contribution in [3.8, 4) is 0 Å². The molecule has 114 valence electrons. The molecule has 0 aromatic heterocycles. The van der Waals surface area contributed by atoms with E-state index in [4.69, 9.17) is 17.3 Å². The minimum Gasteiger partial charge on any atom is -0.367 e. The molecule has 0 bridgehead atoms. The Morgan fingerprint density at radius 1 is 1.19 bits per heavy atom. The molecule has 7 heteroatoms. The van der Waals surface area contributed by atoms with Crippen molar-refractivity contribution in [1.29, 1.82) is 0 Å². The molecule has 0 unspecified atom stereocenters. The number of carbonyl (C=O) groups is 2. The van der Waals surface area contributed by atoms with Gasteiger partial charge in [-0.2, -0.15) is 0 Å². The number of carbonyl (C=O) groups excluding carboxylic acids is 2. The van der Waals surface area contributed by atoms with Crippen molar-refractivity contribution in [1.82, 2.24) is 10.2 Å². The molecule has 6 nitrogen and oxygen atoms in total. The zero-order chi connectivity index (χ0) is 15.2. The molecule has 3 N–H and O–H groups in total. The summed E-state index contributed by atoms with van der Waals surface area (Å²) in [5.41, 5.74) is 5.96. The van der Waals surface area contributed by atoms with Crippen LogP contribution in [0.1, 0.15) is 6.42 Å². The van der Waals surface area contributed by atoms with Crippen LogP contribution in [0.5, 0.6) is 0 Å². The van der Waals surface area contributed by atoms with E-state index in [0.29, 0.717) is 13.1 Å². The number of hydrogen-bond donors (Lipinski definition) is 2. The van der Waals surface area contributed by atoms with E-state index in [1.807, 2.05) is 24.3 Å². The van der Waals surface area contributed by atoms with Crippen LogP contribution in [0.3, 0.4) is 0 Å². The smallest absolute Gasteiger partial charge is 0.312 e. The van der Waals surface area contributed by atoms with Crippen molar-refractivity contribution < 1.29 is 9.59 Å². The fourth-order valence-electron chi connectivity index (χ4n) is 2.36. The number of hydrogen-bond acceptors (Lipinski definition) is 3. The van der Waals surface area contributed by atoms with Gasteiger partial charge >= 0.3 is 6.03 Å². The topological polar surface area (TPSA) is 78.7 Å². The summed E-state index contributed by atoms with van der Waals surface area (Å²) >= 11 is 6.18. The quantitative estimate of drug-likeness (QED) is 0.872. The van der Waals surface area contributed by atoms with Gasteiger partial charge in [-0.1, -0.05) is 23.7 Å². The number of rotatable bonds is 4. The third kappa shape index (κ3) is 4.26. The van der Waals surface area contributed by atoms with Gasteiger partial charge in [0.2, 0.25) is 5.91 Å². The molecule has 0 atom stereocenters. The molecule has 1 aromatic carbocycles. The lowest BCUT2D eigenvalue weighted by atomic mass is 10.2. The van der Waals surface area contributed by atoms with Gasteiger partial charge in [-0.05, 0) is 12.1 Å². The predicted octanol–water partition coefficient (Wildman–Crippen LogP) is 1.05. The Labute approximate surface area is 128 Å². The van der Waals surface area contributed by atoms with Crippen LogP contribution < -0.4 is 16.0 Å². The van der Waals surface area contributed by atoms with Gasteiger partial charge in [-0.25, -0.2) is 4.79 Å². The first-order chi connectivity index (χ1) is 10.1. The van der Waals surface area contributed by atoms with Gasteiger partial charge in [0.1, 0.15) is 0 Å². The zero-order valence-electron chi connectivity index (χ0n) is 11.7. The number of halogens is 1. The molecular formula is C14H19ClN4O2. The van der Waals surface area contributed by atoms with Crippen LogP contribution in [0, 0.1) is 0 Å². The average molecular weight is 311 g/mol. The molecule has 0 spiro atoms. The minimum atomic E-state index is -0.605. The van der Waals surface area contributed by atoms with Gasteiger partial charge in [0.25, 0.3) is 0 Å². The van der Waals surface area contributed by atoms with Crippen LogP contribution in [0.15, 0.2) is 24.3 Å². The Morgan fingerprint density at radius 3 is 2.48 bits per heavy atom. The largest absolute Gasteiger partial charge is 0.367 e. The van der Waals surface area contributed by atoms with Gasteiger partial charge in [-0.15, -0.1) is 0 Å². The SMILES string of the molecule is NC(=O)NCCC(=O)N1CCN(c2ccccc2Cl)CC1. The molecule has 1 aromatic rings. The number of primary amides is 1. The number of piperazine rings is 1. The second kappa shape index (κ2) is 7.17. The third-order valence-corrected chi connectivity index (χ3v) is 3.78. The fourth-order valence-corrected chi connectivity index (χ4v) is 2.61. The minimum absolute atomic E-state index is 0.0301. The highest BCUT2D eigenvalue weighted by Crippen LogP contribution is 2.26. The highest BCUT2D eigenvalue weighted by atomic mass is 35.5. The van der Waals surface area contributed by atoms with Crippen LogP contribution >= 0.6 is 11.6 Å². The molecule has 0 aliphatic carbocycles. The number of amides is 3. The standard InChI is InChI=1S/C14H19ClN4O2/c15-11-3-1-2-4-12(11)18-7-9-19(10-8-18)13(20)5-6-17-14(16)21/h1-4H,5-10H2,(H3,16,17,21). The molecule has 0 radical (unpaired) electrons. The summed E-state index contributed by atoms with van der Waals surface area (Å²) in [5, 5.41) is 3.15. The molecule has 1 saturated heterocycles. The van der Waals surface area contributed by atoms with Crippen molar-refractivity contribution >= 4 is 29.2 Å². The van der Waals surface area contributed by atoms with Crippen LogP contribution in [0.25, 0.3) is 0 Å². The van der Waals surface area contributed by atoms with Crippen molar-refractivity contribution in [2.24, 2.45) is 5.73 Å². The van der Waals surface area contributed by atoms with Crippen molar-refractivity contribution in [3.63, 3.8) is 0 Å². The molecule has 0 saturated carbocycles. The zero-order valence-corrected chi connectivity index (χ0v) is 12.5. The van der Waals surface area contributed by atoms with Crippen molar-refractivity contribution in [2.75, 3.05) is 37.6 Å². The van der Waals surface area contributed by atoms with Crippen LogP contribution in [-0.2, 0) is 4.79 Å². The Kier molecular flexibility index (Phi) is 5.27. The molecule has 1 aliphatic rings. The highest BCUT2D eigenvalue weighted by Gasteiger charge is 2.21. The lowest BCUT2D eigenvalue weighted by Gasteiger charge is -2.36. The number of nitrogens with one attached hydrogen (secondary N) is 1. The van der Waals surface area contributed by atoms with Crippen LogP contribution in [-0.4, -0.2) is 49.6 Å². The van der Waals surface area contributed by atoms with E-state index >= 15 is 0 Å². The molecule has 21 heavy (non-hydrogen) atoms.